The summed E-state index contributed by atoms with van der Waals surface area (Å²) in [6, 6.07) is 6.11. The average molecular weight is 328 g/mol. The number of carbonyl (C=O) groups is 2. The molecule has 2 amide bonds. The molecule has 0 spiro atoms. The fourth-order valence-corrected chi connectivity index (χ4v) is 1.89. The van der Waals surface area contributed by atoms with Crippen molar-refractivity contribution in [1.82, 2.24) is 10.6 Å². The molecule has 7 heteroatoms. The maximum Gasteiger partial charge on any atom is 0.239 e. The topological polar surface area (TPSA) is 104 Å². The molecular formula is C15H22ClN3O3. The number of hydrogen-bond donors (Lipinski definition) is 4. The third-order valence-electron chi connectivity index (χ3n) is 3.17. The summed E-state index contributed by atoms with van der Waals surface area (Å²) in [4.78, 5) is 23.2. The second-order valence-electron chi connectivity index (χ2n) is 5.36. The lowest BCUT2D eigenvalue weighted by Gasteiger charge is -2.16. The second-order valence-corrected chi connectivity index (χ2v) is 5.80. The van der Waals surface area contributed by atoms with Gasteiger partial charge in [0.05, 0.1) is 18.7 Å². The van der Waals surface area contributed by atoms with Crippen molar-refractivity contribution in [3.05, 3.63) is 34.9 Å². The molecule has 5 N–H and O–H groups in total. The highest BCUT2D eigenvalue weighted by molar-refractivity contribution is 6.30. The first-order chi connectivity index (χ1) is 10.3. The normalized spacial score (nSPS) is 13.5. The Bertz CT molecular complexity index is 523. The highest BCUT2D eigenvalue weighted by Crippen LogP contribution is 2.16. The van der Waals surface area contributed by atoms with Gasteiger partial charge in [0.2, 0.25) is 11.8 Å². The minimum absolute atomic E-state index is 0.00675. The lowest BCUT2D eigenvalue weighted by Crippen LogP contribution is -2.47. The first-order valence-corrected chi connectivity index (χ1v) is 7.42. The molecule has 0 radical (unpaired) electrons. The fourth-order valence-electron chi connectivity index (χ4n) is 1.69. The predicted octanol–water partition coefficient (Wildman–Crippen LogP) is 0.589. The summed E-state index contributed by atoms with van der Waals surface area (Å²) < 4.78 is 0. The molecule has 1 aromatic rings. The van der Waals surface area contributed by atoms with Gasteiger partial charge >= 0.3 is 0 Å². The van der Waals surface area contributed by atoms with Gasteiger partial charge in [0.1, 0.15) is 0 Å². The van der Waals surface area contributed by atoms with Crippen molar-refractivity contribution in [2.45, 2.75) is 26.0 Å². The standard InChI is InChI=1S/C15H22ClN3O3/c1-9(2)14(17)15(22)19-8-13(21)18-7-12(20)10-4-3-5-11(16)6-10/h3-6,9,12,14,20H,7-8,17H2,1-2H3,(H,18,21)(H,19,22)/t12?,14-/m0/s1. The number of benzene rings is 1. The number of carbonyl (C=O) groups excluding carboxylic acids is 2. The summed E-state index contributed by atoms with van der Waals surface area (Å²) in [6.07, 6.45) is -0.865. The minimum atomic E-state index is -0.865. The van der Waals surface area contributed by atoms with Gasteiger partial charge in [0.15, 0.2) is 0 Å². The van der Waals surface area contributed by atoms with E-state index >= 15 is 0 Å². The lowest BCUT2D eigenvalue weighted by molar-refractivity contribution is -0.127. The van der Waals surface area contributed by atoms with Crippen LogP contribution in [0.25, 0.3) is 0 Å². The third-order valence-corrected chi connectivity index (χ3v) is 3.41. The van der Waals surface area contributed by atoms with Crippen LogP contribution in [-0.4, -0.2) is 36.1 Å². The van der Waals surface area contributed by atoms with E-state index in [1.807, 2.05) is 13.8 Å². The molecule has 0 heterocycles. The zero-order valence-electron chi connectivity index (χ0n) is 12.7. The van der Waals surface area contributed by atoms with Crippen LogP contribution in [-0.2, 0) is 9.59 Å². The molecule has 0 aromatic heterocycles. The van der Waals surface area contributed by atoms with Crippen LogP contribution in [0.5, 0.6) is 0 Å². The smallest absolute Gasteiger partial charge is 0.239 e. The van der Waals surface area contributed by atoms with Crippen LogP contribution < -0.4 is 16.4 Å². The van der Waals surface area contributed by atoms with Gasteiger partial charge in [0, 0.05) is 11.6 Å². The maximum atomic E-state index is 11.6. The molecule has 122 valence electrons. The van der Waals surface area contributed by atoms with Gasteiger partial charge in [0.25, 0.3) is 0 Å². The Morgan fingerprint density at radius 1 is 1.32 bits per heavy atom. The van der Waals surface area contributed by atoms with E-state index in [-0.39, 0.29) is 24.9 Å². The van der Waals surface area contributed by atoms with E-state index in [0.717, 1.165) is 0 Å². The zero-order valence-corrected chi connectivity index (χ0v) is 13.4. The SMILES string of the molecule is CC(C)[C@H](N)C(=O)NCC(=O)NCC(O)c1cccc(Cl)c1. The maximum absolute atomic E-state index is 11.6. The van der Waals surface area contributed by atoms with E-state index < -0.39 is 18.1 Å². The number of nitrogens with two attached hydrogens (primary N) is 1. The molecule has 1 rings (SSSR count). The molecule has 0 aliphatic rings. The van der Waals surface area contributed by atoms with Crippen LogP contribution in [0, 0.1) is 5.92 Å². The number of hydrogen-bond acceptors (Lipinski definition) is 4. The summed E-state index contributed by atoms with van der Waals surface area (Å²) in [6.45, 7) is 3.50. The lowest BCUT2D eigenvalue weighted by atomic mass is 10.1. The van der Waals surface area contributed by atoms with Gasteiger partial charge in [-0.3, -0.25) is 9.59 Å². The quantitative estimate of drug-likeness (QED) is 0.588. The summed E-state index contributed by atoms with van der Waals surface area (Å²) in [7, 11) is 0. The van der Waals surface area contributed by atoms with Crippen molar-refractivity contribution in [3.63, 3.8) is 0 Å². The van der Waals surface area contributed by atoms with Crippen LogP contribution in [0.3, 0.4) is 0 Å². The molecule has 0 saturated carbocycles. The van der Waals surface area contributed by atoms with Gasteiger partial charge in [-0.1, -0.05) is 37.6 Å². The van der Waals surface area contributed by atoms with Gasteiger partial charge in [-0.25, -0.2) is 0 Å². The largest absolute Gasteiger partial charge is 0.387 e. The van der Waals surface area contributed by atoms with Gasteiger partial charge in [-0.05, 0) is 23.6 Å². The first kappa shape index (κ1) is 18.4. The number of amides is 2. The summed E-state index contributed by atoms with van der Waals surface area (Å²) in [5, 5.41) is 15.5. The van der Waals surface area contributed by atoms with E-state index in [4.69, 9.17) is 17.3 Å². The summed E-state index contributed by atoms with van der Waals surface area (Å²) in [5.41, 5.74) is 6.27. The zero-order chi connectivity index (χ0) is 16.7. The Hall–Kier alpha value is -1.63. The van der Waals surface area contributed by atoms with Crippen LogP contribution in [0.2, 0.25) is 5.02 Å². The van der Waals surface area contributed by atoms with Crippen molar-refractivity contribution in [2.24, 2.45) is 11.7 Å². The monoisotopic (exact) mass is 327 g/mol. The van der Waals surface area contributed by atoms with Crippen molar-refractivity contribution < 1.29 is 14.7 Å². The van der Waals surface area contributed by atoms with Gasteiger partial charge < -0.3 is 21.5 Å². The minimum Gasteiger partial charge on any atom is -0.387 e. The van der Waals surface area contributed by atoms with Crippen LogP contribution in [0.15, 0.2) is 24.3 Å². The van der Waals surface area contributed by atoms with Crippen LogP contribution >= 0.6 is 11.6 Å². The average Bonchev–Trinajstić information content (AvgIpc) is 2.49. The third kappa shape index (κ3) is 6.01. The Kier molecular flexibility index (Phi) is 7.31. The number of nitrogens with one attached hydrogen (secondary N) is 2. The van der Waals surface area contributed by atoms with Gasteiger partial charge in [-0.15, -0.1) is 0 Å². The molecule has 0 bridgehead atoms. The molecule has 2 atom stereocenters. The molecule has 22 heavy (non-hydrogen) atoms. The van der Waals surface area contributed by atoms with E-state index in [9.17, 15) is 14.7 Å². The van der Waals surface area contributed by atoms with Crippen LogP contribution in [0.4, 0.5) is 0 Å². The van der Waals surface area contributed by atoms with Crippen LogP contribution in [0.1, 0.15) is 25.5 Å². The number of rotatable bonds is 7. The number of halogens is 1. The molecule has 1 aromatic carbocycles. The second kappa shape index (κ2) is 8.73. The molecule has 1 unspecified atom stereocenters. The van der Waals surface area contributed by atoms with Crippen molar-refractivity contribution >= 4 is 23.4 Å². The Labute approximate surface area is 135 Å². The molecular weight excluding hydrogens is 306 g/mol. The van der Waals surface area contributed by atoms with Crippen molar-refractivity contribution in [2.75, 3.05) is 13.1 Å². The van der Waals surface area contributed by atoms with Crippen molar-refractivity contribution in [1.29, 1.82) is 0 Å². The summed E-state index contributed by atoms with van der Waals surface area (Å²) in [5.74, 6) is -0.779. The Morgan fingerprint density at radius 2 is 2.00 bits per heavy atom. The van der Waals surface area contributed by atoms with Gasteiger partial charge in [-0.2, -0.15) is 0 Å². The Balaban J connectivity index is 2.35. The molecule has 0 fully saturated rings. The fraction of sp³-hybridized carbons (Fsp3) is 0.467. The number of aliphatic hydroxyl groups is 1. The molecule has 0 aliphatic heterocycles. The van der Waals surface area contributed by atoms with E-state index in [0.29, 0.717) is 10.6 Å². The van der Waals surface area contributed by atoms with E-state index in [1.165, 1.54) is 0 Å². The molecule has 0 saturated heterocycles. The summed E-state index contributed by atoms with van der Waals surface area (Å²) >= 11 is 5.83. The number of aliphatic hydroxyl groups excluding tert-OH is 1. The Morgan fingerprint density at radius 3 is 2.59 bits per heavy atom. The van der Waals surface area contributed by atoms with Crippen molar-refractivity contribution in [3.8, 4) is 0 Å². The first-order valence-electron chi connectivity index (χ1n) is 7.04. The molecule has 0 aliphatic carbocycles. The molecule has 6 nitrogen and oxygen atoms in total. The van der Waals surface area contributed by atoms with E-state index in [1.54, 1.807) is 24.3 Å². The van der Waals surface area contributed by atoms with E-state index in [2.05, 4.69) is 10.6 Å². The highest BCUT2D eigenvalue weighted by Gasteiger charge is 2.17. The highest BCUT2D eigenvalue weighted by atomic mass is 35.5. The predicted molar refractivity (Wildman–Crippen MR) is 85.2 cm³/mol.